The van der Waals surface area contributed by atoms with Crippen LogP contribution >= 0.6 is 0 Å². The van der Waals surface area contributed by atoms with Gasteiger partial charge >= 0.3 is 6.09 Å². The molecule has 1 rings (SSSR count). The smallest absolute Gasteiger partial charge is 0.412 e. The second-order valence-corrected chi connectivity index (χ2v) is 14.4. The van der Waals surface area contributed by atoms with Crippen molar-refractivity contribution in [3.8, 4) is 11.5 Å². The molecule has 0 aromatic heterocycles. The molecule has 4 nitrogen and oxygen atoms in total. The van der Waals surface area contributed by atoms with Crippen LogP contribution in [0.2, 0.25) is 19.6 Å². The molecule has 0 aliphatic heterocycles. The molecule has 0 radical (unpaired) electrons. The summed E-state index contributed by atoms with van der Waals surface area (Å²) < 4.78 is 24.8. The van der Waals surface area contributed by atoms with Crippen molar-refractivity contribution in [2.45, 2.75) is 78.1 Å². The molecule has 1 unspecified atom stereocenters. The third kappa shape index (κ3) is 9.01. The van der Waals surface area contributed by atoms with E-state index in [2.05, 4.69) is 31.1 Å². The van der Waals surface area contributed by atoms with Crippen LogP contribution < -0.4 is 0 Å². The SMILES string of the molecule is CN(C(=O)OC(C)(C)C)C(C)(C)OC(CCF)c1ccc(C#C[Si](C)(C)C)cc1. The number of alkyl halides is 1. The maximum absolute atomic E-state index is 13.2. The summed E-state index contributed by atoms with van der Waals surface area (Å²) in [6.45, 7) is 15.1. The normalized spacial score (nSPS) is 13.3. The number of ether oxygens (including phenoxy) is 2. The van der Waals surface area contributed by atoms with Crippen LogP contribution in [0.1, 0.15) is 58.3 Å². The lowest BCUT2D eigenvalue weighted by Gasteiger charge is -2.39. The molecule has 0 saturated carbocycles. The van der Waals surface area contributed by atoms with Crippen LogP contribution in [0, 0.1) is 11.5 Å². The quantitative estimate of drug-likeness (QED) is 0.324. The Balaban J connectivity index is 2.99. The van der Waals surface area contributed by atoms with Crippen LogP contribution in [-0.2, 0) is 9.47 Å². The highest BCUT2D eigenvalue weighted by atomic mass is 28.3. The number of carbonyl (C=O) groups excluding carboxylic acids is 1. The monoisotopic (exact) mass is 421 g/mol. The standard InChI is InChI=1S/C23H36FNO3Si/c1-22(2,3)28-21(26)25(6)23(4,5)27-20(14-16-24)19-12-10-18(11-13-19)15-17-29(7,8)9/h10-13,20H,14,16H2,1-9H3. The molecule has 29 heavy (non-hydrogen) atoms. The van der Waals surface area contributed by atoms with Crippen molar-refractivity contribution in [2.75, 3.05) is 13.7 Å². The zero-order chi connectivity index (χ0) is 22.5. The maximum atomic E-state index is 13.2. The molecular weight excluding hydrogens is 385 g/mol. The van der Waals surface area contributed by atoms with Gasteiger partial charge in [-0.3, -0.25) is 9.29 Å². The molecule has 0 fully saturated rings. The minimum atomic E-state index is -1.45. The van der Waals surface area contributed by atoms with Crippen molar-refractivity contribution in [3.63, 3.8) is 0 Å². The molecule has 1 aromatic carbocycles. The number of nitrogens with zero attached hydrogens (tertiary/aromatic N) is 1. The van der Waals surface area contributed by atoms with Crippen LogP contribution in [0.4, 0.5) is 9.18 Å². The lowest BCUT2D eigenvalue weighted by atomic mass is 10.0. The second kappa shape index (κ2) is 9.77. The van der Waals surface area contributed by atoms with Crippen molar-refractivity contribution in [3.05, 3.63) is 35.4 Å². The lowest BCUT2D eigenvalue weighted by Crippen LogP contribution is -2.49. The first-order chi connectivity index (χ1) is 13.1. The van der Waals surface area contributed by atoms with Crippen LogP contribution in [0.5, 0.6) is 0 Å². The molecule has 0 saturated heterocycles. The zero-order valence-corrected chi connectivity index (χ0v) is 20.4. The minimum Gasteiger partial charge on any atom is -0.444 e. The molecule has 0 bridgehead atoms. The lowest BCUT2D eigenvalue weighted by molar-refractivity contribution is -0.155. The summed E-state index contributed by atoms with van der Waals surface area (Å²) in [6, 6.07) is 7.69. The van der Waals surface area contributed by atoms with Gasteiger partial charge in [0.25, 0.3) is 0 Å². The van der Waals surface area contributed by atoms with Crippen molar-refractivity contribution < 1.29 is 18.7 Å². The van der Waals surface area contributed by atoms with E-state index in [9.17, 15) is 9.18 Å². The number of carbonyl (C=O) groups is 1. The van der Waals surface area contributed by atoms with E-state index >= 15 is 0 Å². The van der Waals surface area contributed by atoms with Gasteiger partial charge in [0, 0.05) is 19.0 Å². The Morgan fingerprint density at radius 2 is 1.69 bits per heavy atom. The highest BCUT2D eigenvalue weighted by molar-refractivity contribution is 6.83. The van der Waals surface area contributed by atoms with E-state index in [1.165, 1.54) is 4.90 Å². The second-order valence-electron chi connectivity index (χ2n) is 9.69. The van der Waals surface area contributed by atoms with Crippen LogP contribution in [0.3, 0.4) is 0 Å². The van der Waals surface area contributed by atoms with E-state index in [1.54, 1.807) is 20.9 Å². The molecule has 0 aliphatic rings. The predicted molar refractivity (Wildman–Crippen MR) is 119 cm³/mol. The summed E-state index contributed by atoms with van der Waals surface area (Å²) >= 11 is 0. The van der Waals surface area contributed by atoms with E-state index in [0.717, 1.165) is 11.1 Å². The largest absolute Gasteiger partial charge is 0.444 e. The zero-order valence-electron chi connectivity index (χ0n) is 19.4. The van der Waals surface area contributed by atoms with Crippen LogP contribution in [0.15, 0.2) is 24.3 Å². The summed E-state index contributed by atoms with van der Waals surface area (Å²) in [7, 11) is 0.175. The van der Waals surface area contributed by atoms with Crippen LogP contribution in [-0.4, -0.2) is 44.1 Å². The number of hydrogen-bond donors (Lipinski definition) is 0. The Morgan fingerprint density at radius 1 is 1.14 bits per heavy atom. The van der Waals surface area contributed by atoms with Gasteiger partial charge in [-0.2, -0.15) is 0 Å². The molecule has 0 spiro atoms. The highest BCUT2D eigenvalue weighted by Crippen LogP contribution is 2.30. The topological polar surface area (TPSA) is 38.8 Å². The van der Waals surface area contributed by atoms with Gasteiger partial charge in [0.05, 0.1) is 12.8 Å². The van der Waals surface area contributed by atoms with Crippen molar-refractivity contribution in [2.24, 2.45) is 0 Å². The average molecular weight is 422 g/mol. The fourth-order valence-electron chi connectivity index (χ4n) is 2.41. The molecule has 0 aliphatic carbocycles. The highest BCUT2D eigenvalue weighted by Gasteiger charge is 2.34. The van der Waals surface area contributed by atoms with Gasteiger partial charge in [0.15, 0.2) is 0 Å². The summed E-state index contributed by atoms with van der Waals surface area (Å²) in [5.74, 6) is 3.21. The number of halogens is 1. The summed E-state index contributed by atoms with van der Waals surface area (Å²) in [5.41, 5.74) is 3.54. The summed E-state index contributed by atoms with van der Waals surface area (Å²) in [5, 5.41) is 0. The van der Waals surface area contributed by atoms with E-state index in [1.807, 2.05) is 45.0 Å². The maximum Gasteiger partial charge on any atom is 0.412 e. The van der Waals surface area contributed by atoms with E-state index in [0.29, 0.717) is 0 Å². The number of hydrogen-bond acceptors (Lipinski definition) is 3. The minimum absolute atomic E-state index is 0.200. The number of rotatable bonds is 6. The molecule has 6 heteroatoms. The Labute approximate surface area is 176 Å². The first kappa shape index (κ1) is 25.2. The van der Waals surface area contributed by atoms with E-state index in [-0.39, 0.29) is 6.42 Å². The predicted octanol–water partition coefficient (Wildman–Crippen LogP) is 5.94. The van der Waals surface area contributed by atoms with Gasteiger partial charge in [-0.1, -0.05) is 37.7 Å². The van der Waals surface area contributed by atoms with Crippen molar-refractivity contribution >= 4 is 14.2 Å². The Hall–Kier alpha value is -1.84. The number of benzene rings is 1. The molecule has 162 valence electrons. The molecule has 1 atom stereocenters. The average Bonchev–Trinajstić information content (AvgIpc) is 2.57. The van der Waals surface area contributed by atoms with Crippen LogP contribution in [0.25, 0.3) is 0 Å². The Bertz CT molecular complexity index is 737. The fourth-order valence-corrected chi connectivity index (χ4v) is 2.93. The molecule has 0 heterocycles. The number of amides is 1. The van der Waals surface area contributed by atoms with Gasteiger partial charge in [0.1, 0.15) is 19.4 Å². The van der Waals surface area contributed by atoms with E-state index < -0.39 is 38.3 Å². The Morgan fingerprint density at radius 3 is 2.14 bits per heavy atom. The first-order valence-electron chi connectivity index (χ1n) is 9.98. The molecular formula is C23H36FNO3Si. The third-order valence-electron chi connectivity index (χ3n) is 4.14. The van der Waals surface area contributed by atoms with Gasteiger partial charge < -0.3 is 9.47 Å². The fraction of sp³-hybridized carbons (Fsp3) is 0.609. The van der Waals surface area contributed by atoms with Gasteiger partial charge in [0.2, 0.25) is 0 Å². The molecule has 1 aromatic rings. The van der Waals surface area contributed by atoms with Crippen molar-refractivity contribution in [1.29, 1.82) is 0 Å². The first-order valence-corrected chi connectivity index (χ1v) is 13.5. The van der Waals surface area contributed by atoms with Gasteiger partial charge in [-0.15, -0.1) is 5.54 Å². The van der Waals surface area contributed by atoms with Gasteiger partial charge in [-0.25, -0.2) is 4.79 Å². The van der Waals surface area contributed by atoms with Gasteiger partial charge in [-0.05, 0) is 52.3 Å². The molecule has 1 amide bonds. The van der Waals surface area contributed by atoms with Crippen molar-refractivity contribution in [1.82, 2.24) is 4.90 Å². The summed E-state index contributed by atoms with van der Waals surface area (Å²) in [6.07, 6.45) is -0.775. The van der Waals surface area contributed by atoms with E-state index in [4.69, 9.17) is 9.47 Å². The molecule has 0 N–H and O–H groups in total. The Kier molecular flexibility index (Phi) is 8.49. The summed E-state index contributed by atoms with van der Waals surface area (Å²) in [4.78, 5) is 13.8. The third-order valence-corrected chi connectivity index (χ3v) is 5.02.